The summed E-state index contributed by atoms with van der Waals surface area (Å²) < 4.78 is 11.1. The van der Waals surface area contributed by atoms with Gasteiger partial charge in [-0.1, -0.05) is 35.0 Å². The van der Waals surface area contributed by atoms with Crippen molar-refractivity contribution in [1.82, 2.24) is 5.32 Å². The van der Waals surface area contributed by atoms with Crippen molar-refractivity contribution < 1.29 is 19.1 Å². The van der Waals surface area contributed by atoms with E-state index in [4.69, 9.17) is 9.47 Å². The molecule has 0 aliphatic rings. The van der Waals surface area contributed by atoms with Gasteiger partial charge in [0.1, 0.15) is 5.75 Å². The Bertz CT molecular complexity index is 713. The van der Waals surface area contributed by atoms with E-state index in [9.17, 15) is 9.59 Å². The standard InChI is InChI=1S/C19H20BrNO4/c1-3-17(13-4-8-15(20)9-5-13)21-18(22)12-25-19(23)14-6-10-16(24-2)11-7-14/h4-11,17H,3,12H2,1-2H3,(H,21,22)/t17-/m1/s1. The van der Waals surface area contributed by atoms with Crippen LogP contribution in [0.2, 0.25) is 0 Å². The van der Waals surface area contributed by atoms with Gasteiger partial charge in [0.2, 0.25) is 0 Å². The summed E-state index contributed by atoms with van der Waals surface area (Å²) in [4.78, 5) is 24.0. The Kier molecular flexibility index (Phi) is 7.01. The number of hydrogen-bond acceptors (Lipinski definition) is 4. The summed E-state index contributed by atoms with van der Waals surface area (Å²) in [5, 5.41) is 2.88. The zero-order valence-corrected chi connectivity index (χ0v) is 15.7. The first-order chi connectivity index (χ1) is 12.0. The monoisotopic (exact) mass is 405 g/mol. The largest absolute Gasteiger partial charge is 0.497 e. The summed E-state index contributed by atoms with van der Waals surface area (Å²) >= 11 is 3.39. The van der Waals surface area contributed by atoms with Crippen LogP contribution in [0.4, 0.5) is 0 Å². The number of rotatable bonds is 7. The molecule has 0 fully saturated rings. The smallest absolute Gasteiger partial charge is 0.338 e. The molecule has 1 amide bonds. The van der Waals surface area contributed by atoms with Gasteiger partial charge in [0.15, 0.2) is 6.61 Å². The molecule has 0 saturated heterocycles. The van der Waals surface area contributed by atoms with Crippen LogP contribution in [0.15, 0.2) is 53.0 Å². The first kappa shape index (κ1) is 19.0. The lowest BCUT2D eigenvalue weighted by atomic mass is 10.0. The average Bonchev–Trinajstić information content (AvgIpc) is 2.65. The maximum absolute atomic E-state index is 12.1. The highest BCUT2D eigenvalue weighted by Gasteiger charge is 2.15. The maximum Gasteiger partial charge on any atom is 0.338 e. The number of hydrogen-bond donors (Lipinski definition) is 1. The van der Waals surface area contributed by atoms with E-state index in [0.29, 0.717) is 11.3 Å². The molecular formula is C19H20BrNO4. The third kappa shape index (κ3) is 5.60. The predicted octanol–water partition coefficient (Wildman–Crippen LogP) is 3.88. The van der Waals surface area contributed by atoms with Crippen LogP contribution in [0.25, 0.3) is 0 Å². The molecule has 1 N–H and O–H groups in total. The van der Waals surface area contributed by atoms with Gasteiger partial charge in [0.25, 0.3) is 5.91 Å². The summed E-state index contributed by atoms with van der Waals surface area (Å²) in [6.45, 7) is 1.66. The zero-order valence-electron chi connectivity index (χ0n) is 14.1. The first-order valence-corrected chi connectivity index (χ1v) is 8.68. The minimum atomic E-state index is -0.547. The fourth-order valence-electron chi connectivity index (χ4n) is 2.29. The summed E-state index contributed by atoms with van der Waals surface area (Å²) in [6.07, 6.45) is 0.736. The molecule has 6 heteroatoms. The van der Waals surface area contributed by atoms with Gasteiger partial charge >= 0.3 is 5.97 Å². The van der Waals surface area contributed by atoms with Crippen molar-refractivity contribution in [3.8, 4) is 5.75 Å². The van der Waals surface area contributed by atoms with Crippen molar-refractivity contribution >= 4 is 27.8 Å². The molecule has 0 unspecified atom stereocenters. The number of nitrogens with one attached hydrogen (secondary N) is 1. The van der Waals surface area contributed by atoms with Crippen LogP contribution in [0.3, 0.4) is 0 Å². The number of ether oxygens (including phenoxy) is 2. The quantitative estimate of drug-likeness (QED) is 0.709. The number of amides is 1. The molecule has 2 aromatic rings. The molecule has 0 bridgehead atoms. The molecule has 2 aromatic carbocycles. The molecule has 0 aliphatic heterocycles. The first-order valence-electron chi connectivity index (χ1n) is 7.89. The second kappa shape index (κ2) is 9.22. The minimum absolute atomic E-state index is 0.125. The number of benzene rings is 2. The summed E-state index contributed by atoms with van der Waals surface area (Å²) in [5.74, 6) is -0.235. The highest BCUT2D eigenvalue weighted by molar-refractivity contribution is 9.10. The third-order valence-corrected chi connectivity index (χ3v) is 4.20. The minimum Gasteiger partial charge on any atom is -0.497 e. The second-order valence-electron chi connectivity index (χ2n) is 5.38. The molecule has 2 rings (SSSR count). The van der Waals surface area contributed by atoms with Gasteiger partial charge in [-0.3, -0.25) is 4.79 Å². The Balaban J connectivity index is 1.88. The Hall–Kier alpha value is -2.34. The van der Waals surface area contributed by atoms with Crippen LogP contribution in [0, 0.1) is 0 Å². The lowest BCUT2D eigenvalue weighted by Crippen LogP contribution is -2.32. The fraction of sp³-hybridized carbons (Fsp3) is 0.263. The van der Waals surface area contributed by atoms with Crippen molar-refractivity contribution in [2.45, 2.75) is 19.4 Å². The molecule has 0 heterocycles. The van der Waals surface area contributed by atoms with E-state index in [1.807, 2.05) is 31.2 Å². The number of methoxy groups -OCH3 is 1. The van der Waals surface area contributed by atoms with Crippen LogP contribution in [0.5, 0.6) is 5.75 Å². The SMILES string of the molecule is CC[C@@H](NC(=O)COC(=O)c1ccc(OC)cc1)c1ccc(Br)cc1. The highest BCUT2D eigenvalue weighted by Crippen LogP contribution is 2.19. The van der Waals surface area contributed by atoms with Gasteiger partial charge in [-0.05, 0) is 48.4 Å². The molecule has 1 atom stereocenters. The molecule has 5 nitrogen and oxygen atoms in total. The van der Waals surface area contributed by atoms with Crippen LogP contribution in [-0.2, 0) is 9.53 Å². The topological polar surface area (TPSA) is 64.6 Å². The van der Waals surface area contributed by atoms with E-state index in [2.05, 4.69) is 21.2 Å². The van der Waals surface area contributed by atoms with Gasteiger partial charge in [-0.2, -0.15) is 0 Å². The average molecular weight is 406 g/mol. The van der Waals surface area contributed by atoms with Gasteiger partial charge in [0, 0.05) is 4.47 Å². The molecule has 0 aliphatic carbocycles. The van der Waals surface area contributed by atoms with Crippen molar-refractivity contribution in [1.29, 1.82) is 0 Å². The van der Waals surface area contributed by atoms with Crippen molar-refractivity contribution in [3.63, 3.8) is 0 Å². The van der Waals surface area contributed by atoms with E-state index < -0.39 is 5.97 Å². The van der Waals surface area contributed by atoms with Crippen molar-refractivity contribution in [2.24, 2.45) is 0 Å². The van der Waals surface area contributed by atoms with E-state index in [0.717, 1.165) is 16.5 Å². The van der Waals surface area contributed by atoms with Crippen molar-refractivity contribution in [3.05, 3.63) is 64.1 Å². The summed E-state index contributed by atoms with van der Waals surface area (Å²) in [5.41, 5.74) is 1.37. The lowest BCUT2D eigenvalue weighted by molar-refractivity contribution is -0.125. The van der Waals surface area contributed by atoms with Gasteiger partial charge < -0.3 is 14.8 Å². The van der Waals surface area contributed by atoms with Crippen LogP contribution < -0.4 is 10.1 Å². The number of halogens is 1. The van der Waals surface area contributed by atoms with Gasteiger partial charge in [0.05, 0.1) is 18.7 Å². The molecule has 25 heavy (non-hydrogen) atoms. The molecule has 0 saturated carbocycles. The molecule has 0 radical (unpaired) electrons. The Labute approximate surface area is 155 Å². The van der Waals surface area contributed by atoms with Crippen LogP contribution >= 0.6 is 15.9 Å². The maximum atomic E-state index is 12.1. The summed E-state index contributed by atoms with van der Waals surface area (Å²) in [7, 11) is 1.55. The normalized spacial score (nSPS) is 11.5. The zero-order chi connectivity index (χ0) is 18.2. The Morgan fingerprint density at radius 3 is 2.28 bits per heavy atom. The predicted molar refractivity (Wildman–Crippen MR) is 98.6 cm³/mol. The molecular weight excluding hydrogens is 386 g/mol. The van der Waals surface area contributed by atoms with Crippen LogP contribution in [-0.4, -0.2) is 25.6 Å². The van der Waals surface area contributed by atoms with E-state index in [1.165, 1.54) is 0 Å². The highest BCUT2D eigenvalue weighted by atomic mass is 79.9. The Morgan fingerprint density at radius 2 is 1.72 bits per heavy atom. The molecule has 132 valence electrons. The second-order valence-corrected chi connectivity index (χ2v) is 6.30. The summed E-state index contributed by atoms with van der Waals surface area (Å²) in [6, 6.07) is 14.1. The van der Waals surface area contributed by atoms with Crippen molar-refractivity contribution in [2.75, 3.05) is 13.7 Å². The fourth-order valence-corrected chi connectivity index (χ4v) is 2.56. The Morgan fingerprint density at radius 1 is 1.08 bits per heavy atom. The number of carbonyl (C=O) groups is 2. The van der Waals surface area contributed by atoms with E-state index >= 15 is 0 Å². The molecule has 0 spiro atoms. The van der Waals surface area contributed by atoms with E-state index in [-0.39, 0.29) is 18.6 Å². The molecule has 0 aromatic heterocycles. The van der Waals surface area contributed by atoms with Gasteiger partial charge in [-0.15, -0.1) is 0 Å². The third-order valence-electron chi connectivity index (χ3n) is 3.68. The van der Waals surface area contributed by atoms with Gasteiger partial charge in [-0.25, -0.2) is 4.79 Å². The van der Waals surface area contributed by atoms with Crippen LogP contribution in [0.1, 0.15) is 35.3 Å². The lowest BCUT2D eigenvalue weighted by Gasteiger charge is -2.17. The van der Waals surface area contributed by atoms with E-state index in [1.54, 1.807) is 31.4 Å². The number of carbonyl (C=O) groups excluding carboxylic acids is 2. The number of esters is 1.